The minimum Gasteiger partial charge on any atom is -0.466 e. The van der Waals surface area contributed by atoms with E-state index in [2.05, 4.69) is 29.0 Å². The van der Waals surface area contributed by atoms with Gasteiger partial charge < -0.3 is 4.74 Å². The predicted octanol–water partition coefficient (Wildman–Crippen LogP) is 3.62. The summed E-state index contributed by atoms with van der Waals surface area (Å²) in [5, 5.41) is 4.15. The van der Waals surface area contributed by atoms with Gasteiger partial charge in [-0.15, -0.1) is 0 Å². The van der Waals surface area contributed by atoms with Crippen molar-refractivity contribution in [3.05, 3.63) is 53.9 Å². The molecule has 0 fully saturated rings. The van der Waals surface area contributed by atoms with Gasteiger partial charge in [-0.05, 0) is 28.3 Å². The van der Waals surface area contributed by atoms with Gasteiger partial charge in [-0.3, -0.25) is 0 Å². The molecule has 0 unspecified atom stereocenters. The Morgan fingerprint density at radius 1 is 1.18 bits per heavy atom. The van der Waals surface area contributed by atoms with E-state index in [1.54, 1.807) is 5.41 Å². The minimum absolute atomic E-state index is 0.335. The average molecular weight is 244 g/mol. The Balaban J connectivity index is 2.14. The molecular weight excluding hydrogens is 232 g/mol. The van der Waals surface area contributed by atoms with Crippen LogP contribution in [0.15, 0.2) is 58.8 Å². The Morgan fingerprint density at radius 2 is 1.94 bits per heavy atom. The number of methoxy groups -OCH3 is 1. The van der Waals surface area contributed by atoms with Crippen molar-refractivity contribution < 1.29 is 9.53 Å². The molecule has 3 heteroatoms. The Kier molecular flexibility index (Phi) is 3.83. The SMILES string of the molecule is COC(=O)/C=C\Sc1ccc2ccccc2c1. The van der Waals surface area contributed by atoms with Gasteiger partial charge in [0.15, 0.2) is 0 Å². The Bertz CT molecular complexity index is 561. The van der Waals surface area contributed by atoms with Crippen LogP contribution in [0.4, 0.5) is 0 Å². The molecule has 0 saturated heterocycles. The molecule has 0 radical (unpaired) electrons. The molecule has 0 amide bonds. The van der Waals surface area contributed by atoms with Gasteiger partial charge in [0.2, 0.25) is 0 Å². The number of rotatable bonds is 3. The zero-order valence-corrected chi connectivity index (χ0v) is 10.2. The van der Waals surface area contributed by atoms with Crippen molar-refractivity contribution in [2.45, 2.75) is 4.90 Å². The second-order valence-corrected chi connectivity index (χ2v) is 4.43. The van der Waals surface area contributed by atoms with E-state index in [-0.39, 0.29) is 5.97 Å². The number of benzene rings is 2. The number of esters is 1. The third kappa shape index (κ3) is 3.11. The molecule has 2 nitrogen and oxygen atoms in total. The number of ether oxygens (including phenoxy) is 1. The largest absolute Gasteiger partial charge is 0.466 e. The lowest BCUT2D eigenvalue weighted by Gasteiger charge is -2.00. The van der Waals surface area contributed by atoms with Crippen LogP contribution >= 0.6 is 11.8 Å². The van der Waals surface area contributed by atoms with Gasteiger partial charge >= 0.3 is 5.97 Å². The van der Waals surface area contributed by atoms with Crippen LogP contribution in [0, 0.1) is 0 Å². The van der Waals surface area contributed by atoms with Crippen molar-refractivity contribution in [2.75, 3.05) is 7.11 Å². The Labute approximate surface area is 104 Å². The molecule has 0 spiro atoms. The Morgan fingerprint density at radius 3 is 2.71 bits per heavy atom. The number of fused-ring (bicyclic) bond motifs is 1. The van der Waals surface area contributed by atoms with E-state index >= 15 is 0 Å². The molecular formula is C14H12O2S. The summed E-state index contributed by atoms with van der Waals surface area (Å²) in [6, 6.07) is 14.4. The highest BCUT2D eigenvalue weighted by atomic mass is 32.2. The molecule has 0 saturated carbocycles. The van der Waals surface area contributed by atoms with Gasteiger partial charge in [-0.2, -0.15) is 0 Å². The highest BCUT2D eigenvalue weighted by molar-refractivity contribution is 8.02. The maximum absolute atomic E-state index is 10.9. The summed E-state index contributed by atoms with van der Waals surface area (Å²) in [4.78, 5) is 12.0. The van der Waals surface area contributed by atoms with Gasteiger partial charge in [0.1, 0.15) is 0 Å². The van der Waals surface area contributed by atoms with Crippen LogP contribution in [0.25, 0.3) is 10.8 Å². The van der Waals surface area contributed by atoms with Crippen LogP contribution in [0.2, 0.25) is 0 Å². The fourth-order valence-electron chi connectivity index (χ4n) is 1.48. The molecule has 86 valence electrons. The molecule has 0 aliphatic carbocycles. The lowest BCUT2D eigenvalue weighted by atomic mass is 10.1. The van der Waals surface area contributed by atoms with Gasteiger partial charge in [-0.25, -0.2) is 4.79 Å². The Hall–Kier alpha value is -1.74. The molecule has 2 aromatic carbocycles. The van der Waals surface area contributed by atoms with Crippen molar-refractivity contribution >= 4 is 28.5 Å². The van der Waals surface area contributed by atoms with E-state index in [0.717, 1.165) is 4.90 Å². The molecule has 0 aromatic heterocycles. The molecule has 0 N–H and O–H groups in total. The fraction of sp³-hybridized carbons (Fsp3) is 0.0714. The van der Waals surface area contributed by atoms with E-state index < -0.39 is 0 Å². The summed E-state index contributed by atoms with van der Waals surface area (Å²) in [7, 11) is 1.37. The summed E-state index contributed by atoms with van der Waals surface area (Å²) < 4.78 is 4.52. The third-order valence-corrected chi connectivity index (χ3v) is 3.13. The molecule has 0 atom stereocenters. The zero-order chi connectivity index (χ0) is 12.1. The van der Waals surface area contributed by atoms with Crippen LogP contribution in [-0.4, -0.2) is 13.1 Å². The third-order valence-electron chi connectivity index (χ3n) is 2.33. The van der Waals surface area contributed by atoms with Crippen molar-refractivity contribution in [3.8, 4) is 0 Å². The topological polar surface area (TPSA) is 26.3 Å². The van der Waals surface area contributed by atoms with Crippen LogP contribution in [0.3, 0.4) is 0 Å². The van der Waals surface area contributed by atoms with Gasteiger partial charge in [-0.1, -0.05) is 42.1 Å². The standard InChI is InChI=1S/C14H12O2S/c1-16-14(15)8-9-17-13-7-6-11-4-2-3-5-12(11)10-13/h2-10H,1H3/b9-8-. The van der Waals surface area contributed by atoms with E-state index in [0.29, 0.717) is 0 Å². The highest BCUT2D eigenvalue weighted by Gasteiger charge is 1.96. The molecule has 0 aliphatic rings. The number of carbonyl (C=O) groups is 1. The predicted molar refractivity (Wildman–Crippen MR) is 71.0 cm³/mol. The molecule has 2 rings (SSSR count). The van der Waals surface area contributed by atoms with Crippen molar-refractivity contribution in [2.24, 2.45) is 0 Å². The molecule has 0 bridgehead atoms. The summed E-state index contributed by atoms with van der Waals surface area (Å²) in [6.07, 6.45) is 1.42. The number of hydrogen-bond donors (Lipinski definition) is 0. The lowest BCUT2D eigenvalue weighted by Crippen LogP contribution is -1.92. The normalized spacial score (nSPS) is 10.9. The molecule has 0 heterocycles. The fourth-order valence-corrected chi connectivity index (χ4v) is 2.15. The first-order chi connectivity index (χ1) is 8.29. The highest BCUT2D eigenvalue weighted by Crippen LogP contribution is 2.24. The average Bonchev–Trinajstić information content (AvgIpc) is 2.38. The van der Waals surface area contributed by atoms with Crippen molar-refractivity contribution in [1.29, 1.82) is 0 Å². The maximum Gasteiger partial charge on any atom is 0.330 e. The monoisotopic (exact) mass is 244 g/mol. The van der Waals surface area contributed by atoms with E-state index in [4.69, 9.17) is 0 Å². The lowest BCUT2D eigenvalue weighted by molar-refractivity contribution is -0.134. The smallest absolute Gasteiger partial charge is 0.330 e. The summed E-state index contributed by atoms with van der Waals surface area (Å²) >= 11 is 1.50. The second-order valence-electron chi connectivity index (χ2n) is 3.45. The second kappa shape index (κ2) is 5.55. The van der Waals surface area contributed by atoms with E-state index in [9.17, 15) is 4.79 Å². The summed E-state index contributed by atoms with van der Waals surface area (Å²) in [5.74, 6) is -0.335. The molecule has 17 heavy (non-hydrogen) atoms. The van der Waals surface area contributed by atoms with Crippen LogP contribution in [-0.2, 0) is 9.53 Å². The van der Waals surface area contributed by atoms with Crippen LogP contribution in [0.1, 0.15) is 0 Å². The van der Waals surface area contributed by atoms with Crippen LogP contribution < -0.4 is 0 Å². The van der Waals surface area contributed by atoms with Gasteiger partial charge in [0.25, 0.3) is 0 Å². The molecule has 0 aliphatic heterocycles. The zero-order valence-electron chi connectivity index (χ0n) is 9.42. The summed E-state index contributed by atoms with van der Waals surface area (Å²) in [5.41, 5.74) is 0. The van der Waals surface area contributed by atoms with Crippen molar-refractivity contribution in [1.82, 2.24) is 0 Å². The first-order valence-corrected chi connectivity index (χ1v) is 6.07. The number of carbonyl (C=O) groups excluding carboxylic acids is 1. The van der Waals surface area contributed by atoms with E-state index in [1.807, 2.05) is 18.2 Å². The first kappa shape index (κ1) is 11.7. The summed E-state index contributed by atoms with van der Waals surface area (Å²) in [6.45, 7) is 0. The molecule has 2 aromatic rings. The van der Waals surface area contributed by atoms with Crippen molar-refractivity contribution in [3.63, 3.8) is 0 Å². The van der Waals surface area contributed by atoms with Gasteiger partial charge in [0, 0.05) is 11.0 Å². The van der Waals surface area contributed by atoms with Gasteiger partial charge in [0.05, 0.1) is 7.11 Å². The van der Waals surface area contributed by atoms with E-state index in [1.165, 1.54) is 35.7 Å². The number of thioether (sulfide) groups is 1. The first-order valence-electron chi connectivity index (χ1n) is 5.19. The number of hydrogen-bond acceptors (Lipinski definition) is 3. The minimum atomic E-state index is -0.335. The maximum atomic E-state index is 10.9. The quantitative estimate of drug-likeness (QED) is 0.468. The van der Waals surface area contributed by atoms with Crippen LogP contribution in [0.5, 0.6) is 0 Å².